The number of amides is 2. The molecule has 1 atom stereocenters. The van der Waals surface area contributed by atoms with E-state index in [1.54, 1.807) is 0 Å². The highest BCUT2D eigenvalue weighted by atomic mass is 19.4. The van der Waals surface area contributed by atoms with Gasteiger partial charge in [-0.05, 0) is 0 Å². The van der Waals surface area contributed by atoms with Gasteiger partial charge in [0.1, 0.15) is 0 Å². The highest BCUT2D eigenvalue weighted by molar-refractivity contribution is 6.09. The molecule has 2 heterocycles. The summed E-state index contributed by atoms with van der Waals surface area (Å²) >= 11 is 0. The summed E-state index contributed by atoms with van der Waals surface area (Å²) < 4.78 is 31.7. The lowest BCUT2D eigenvalue weighted by Gasteiger charge is -2.13. The van der Waals surface area contributed by atoms with E-state index in [2.05, 4.69) is 10.5 Å². The van der Waals surface area contributed by atoms with Gasteiger partial charge in [0.05, 0.1) is 6.42 Å². The molecule has 2 amide bonds. The summed E-state index contributed by atoms with van der Waals surface area (Å²) in [4.78, 5) is 35.5. The molecule has 0 aromatic rings. The summed E-state index contributed by atoms with van der Waals surface area (Å²) in [7, 11) is 0. The minimum Gasteiger partial charge on any atom is -0.475 e. The minimum absolute atomic E-state index is 0.0891. The topological polar surface area (TPSA) is 105 Å². The van der Waals surface area contributed by atoms with E-state index in [9.17, 15) is 22.8 Å². The molecule has 0 saturated carbocycles. The Hall–Kier alpha value is -2.13. The molecule has 2 rings (SSSR count). The Morgan fingerprint density at radius 3 is 2.33 bits per heavy atom. The summed E-state index contributed by atoms with van der Waals surface area (Å²) in [5.41, 5.74) is -1.00. The van der Waals surface area contributed by atoms with Crippen molar-refractivity contribution in [3.63, 3.8) is 0 Å². The van der Waals surface area contributed by atoms with Gasteiger partial charge < -0.3 is 9.94 Å². The molecule has 0 bridgehead atoms. The molecule has 1 unspecified atom stereocenters. The second kappa shape index (κ2) is 4.63. The van der Waals surface area contributed by atoms with Gasteiger partial charge in [-0.15, -0.1) is 0 Å². The average Bonchev–Trinajstić information content (AvgIpc) is 2.76. The van der Waals surface area contributed by atoms with Crippen LogP contribution in [-0.4, -0.2) is 40.9 Å². The van der Waals surface area contributed by atoms with E-state index in [1.165, 1.54) is 6.21 Å². The Balaban J connectivity index is 0.000000203. The number of hydrogen-bond acceptors (Lipinski definition) is 5. The molecule has 7 nitrogen and oxygen atoms in total. The van der Waals surface area contributed by atoms with Crippen molar-refractivity contribution in [1.29, 1.82) is 0 Å². The Bertz CT molecular complexity index is 409. The van der Waals surface area contributed by atoms with E-state index < -0.39 is 17.7 Å². The lowest BCUT2D eigenvalue weighted by Crippen LogP contribution is -2.37. The number of halogens is 3. The van der Waals surface area contributed by atoms with Crippen LogP contribution in [0.2, 0.25) is 0 Å². The SMILES string of the molecule is O=C(O)C(F)(F)F.O=C1CC2(CC=NO2)C(=O)N1. The summed E-state index contributed by atoms with van der Waals surface area (Å²) in [6.45, 7) is 0. The fourth-order valence-electron chi connectivity index (χ4n) is 1.22. The Morgan fingerprint density at radius 1 is 1.50 bits per heavy atom. The zero-order chi connectivity index (χ0) is 14.0. The fourth-order valence-corrected chi connectivity index (χ4v) is 1.22. The van der Waals surface area contributed by atoms with Crippen molar-refractivity contribution in [2.45, 2.75) is 24.6 Å². The van der Waals surface area contributed by atoms with Crippen LogP contribution >= 0.6 is 0 Å². The number of hydrogen-bond donors (Lipinski definition) is 2. The number of carboxylic acids is 1. The first-order valence-corrected chi connectivity index (χ1v) is 4.52. The van der Waals surface area contributed by atoms with Crippen molar-refractivity contribution in [2.24, 2.45) is 5.16 Å². The molecule has 1 spiro atoms. The molecule has 0 radical (unpaired) electrons. The maximum atomic E-state index is 11.1. The largest absolute Gasteiger partial charge is 0.490 e. The molecular formula is C8H7F3N2O5. The van der Waals surface area contributed by atoms with Crippen LogP contribution in [0.25, 0.3) is 0 Å². The normalized spacial score (nSPS) is 25.5. The number of carbonyl (C=O) groups is 3. The smallest absolute Gasteiger partial charge is 0.475 e. The molecule has 0 aromatic heterocycles. The van der Waals surface area contributed by atoms with Crippen molar-refractivity contribution in [1.82, 2.24) is 5.32 Å². The van der Waals surface area contributed by atoms with Crippen LogP contribution in [0.5, 0.6) is 0 Å². The van der Waals surface area contributed by atoms with Crippen LogP contribution in [0, 0.1) is 0 Å². The average molecular weight is 268 g/mol. The molecule has 1 fully saturated rings. The van der Waals surface area contributed by atoms with Gasteiger partial charge in [-0.25, -0.2) is 4.79 Å². The molecule has 0 aliphatic carbocycles. The number of nitrogens with one attached hydrogen (secondary N) is 1. The van der Waals surface area contributed by atoms with Gasteiger partial charge in [0.2, 0.25) is 11.5 Å². The maximum Gasteiger partial charge on any atom is 0.490 e. The third-order valence-electron chi connectivity index (χ3n) is 2.08. The van der Waals surface area contributed by atoms with Crippen molar-refractivity contribution < 1.29 is 37.5 Å². The molecule has 2 N–H and O–H groups in total. The Kier molecular flexibility index (Phi) is 3.58. The summed E-state index contributed by atoms with van der Waals surface area (Å²) in [5, 5.41) is 12.8. The number of imide groups is 1. The minimum atomic E-state index is -5.08. The van der Waals surface area contributed by atoms with Crippen molar-refractivity contribution in [3.8, 4) is 0 Å². The lowest BCUT2D eigenvalue weighted by atomic mass is 9.99. The van der Waals surface area contributed by atoms with Crippen LogP contribution in [0.1, 0.15) is 12.8 Å². The third kappa shape index (κ3) is 2.96. The van der Waals surface area contributed by atoms with Crippen molar-refractivity contribution >= 4 is 24.0 Å². The first kappa shape index (κ1) is 13.9. The van der Waals surface area contributed by atoms with Crippen molar-refractivity contribution in [2.75, 3.05) is 0 Å². The maximum absolute atomic E-state index is 11.1. The summed E-state index contributed by atoms with van der Waals surface area (Å²) in [5.74, 6) is -3.42. The van der Waals surface area contributed by atoms with Crippen LogP contribution in [0.15, 0.2) is 5.16 Å². The van der Waals surface area contributed by atoms with Crippen LogP contribution in [0.4, 0.5) is 13.2 Å². The first-order chi connectivity index (χ1) is 8.17. The number of nitrogens with zero attached hydrogens (tertiary/aromatic N) is 1. The van der Waals surface area contributed by atoms with Gasteiger partial charge in [0.15, 0.2) is 0 Å². The van der Waals surface area contributed by atoms with E-state index in [-0.39, 0.29) is 18.2 Å². The van der Waals surface area contributed by atoms with E-state index in [1.807, 2.05) is 0 Å². The molecule has 10 heteroatoms. The number of oxime groups is 1. The molecule has 18 heavy (non-hydrogen) atoms. The molecule has 2 aliphatic heterocycles. The molecule has 1 saturated heterocycles. The fraction of sp³-hybridized carbons (Fsp3) is 0.500. The molecule has 2 aliphatic rings. The van der Waals surface area contributed by atoms with Crippen LogP contribution in [0.3, 0.4) is 0 Å². The monoisotopic (exact) mass is 268 g/mol. The molecular weight excluding hydrogens is 261 g/mol. The van der Waals surface area contributed by atoms with E-state index in [4.69, 9.17) is 14.7 Å². The van der Waals surface area contributed by atoms with Crippen molar-refractivity contribution in [3.05, 3.63) is 0 Å². The predicted octanol–water partition coefficient (Wildman–Crippen LogP) is -0.189. The Labute approximate surface area is 97.6 Å². The summed E-state index contributed by atoms with van der Waals surface area (Å²) in [6, 6.07) is 0. The van der Waals surface area contributed by atoms with Gasteiger partial charge >= 0.3 is 12.1 Å². The molecule has 0 aromatic carbocycles. The van der Waals surface area contributed by atoms with Gasteiger partial charge in [0.25, 0.3) is 5.91 Å². The van der Waals surface area contributed by atoms with Gasteiger partial charge in [0, 0.05) is 12.6 Å². The number of carboxylic acid groups (broad SMARTS) is 1. The zero-order valence-corrected chi connectivity index (χ0v) is 8.65. The quantitative estimate of drug-likeness (QED) is 0.592. The highest BCUT2D eigenvalue weighted by Crippen LogP contribution is 2.28. The highest BCUT2D eigenvalue weighted by Gasteiger charge is 2.51. The number of rotatable bonds is 0. The zero-order valence-electron chi connectivity index (χ0n) is 8.65. The molecule has 100 valence electrons. The lowest BCUT2D eigenvalue weighted by molar-refractivity contribution is -0.192. The third-order valence-corrected chi connectivity index (χ3v) is 2.08. The van der Waals surface area contributed by atoms with Gasteiger partial charge in [-0.3, -0.25) is 14.9 Å². The second-order valence-electron chi connectivity index (χ2n) is 3.43. The number of aliphatic carboxylic acids is 1. The summed E-state index contributed by atoms with van der Waals surface area (Å²) in [6.07, 6.45) is -3.10. The van der Waals surface area contributed by atoms with Crippen LogP contribution < -0.4 is 5.32 Å². The van der Waals surface area contributed by atoms with Gasteiger partial charge in [-0.1, -0.05) is 5.16 Å². The Morgan fingerprint density at radius 2 is 2.06 bits per heavy atom. The van der Waals surface area contributed by atoms with E-state index >= 15 is 0 Å². The predicted molar refractivity (Wildman–Crippen MR) is 48.4 cm³/mol. The number of alkyl halides is 3. The first-order valence-electron chi connectivity index (χ1n) is 4.52. The van der Waals surface area contributed by atoms with Gasteiger partial charge in [-0.2, -0.15) is 13.2 Å². The second-order valence-corrected chi connectivity index (χ2v) is 3.43. The van der Waals surface area contributed by atoms with Crippen LogP contribution in [-0.2, 0) is 19.2 Å². The van der Waals surface area contributed by atoms with E-state index in [0.717, 1.165) is 0 Å². The number of carbonyl (C=O) groups excluding carboxylic acids is 2. The standard InChI is InChI=1S/C6H6N2O3.C2HF3O2/c9-4-3-6(5(10)8-4)1-2-7-11-6;3-2(4,5)1(6)7/h2H,1,3H2,(H,8,9,10);(H,6,7). The van der Waals surface area contributed by atoms with E-state index in [0.29, 0.717) is 6.42 Å².